The first kappa shape index (κ1) is 16.2. The first-order chi connectivity index (χ1) is 10.5. The van der Waals surface area contributed by atoms with Crippen LogP contribution in [0.4, 0.5) is 0 Å². The van der Waals surface area contributed by atoms with Gasteiger partial charge in [0.15, 0.2) is 9.84 Å². The maximum absolute atomic E-state index is 12.2. The van der Waals surface area contributed by atoms with Crippen molar-refractivity contribution in [2.24, 2.45) is 0 Å². The lowest BCUT2D eigenvalue weighted by molar-refractivity contribution is -0.140. The fourth-order valence-electron chi connectivity index (χ4n) is 2.11. The standard InChI is InChI=1S/C17H18O4S/c1-21-17(18)8-5-13-22(19,20)16-11-9-15(10-12-16)14-6-3-2-4-7-14/h2-4,6-7,9-12H,5,8,13H2,1H3. The molecule has 0 unspecified atom stereocenters. The van der Waals surface area contributed by atoms with Crippen LogP contribution < -0.4 is 0 Å². The summed E-state index contributed by atoms with van der Waals surface area (Å²) in [5.41, 5.74) is 2.01. The maximum Gasteiger partial charge on any atom is 0.305 e. The van der Waals surface area contributed by atoms with E-state index in [1.807, 2.05) is 30.3 Å². The maximum atomic E-state index is 12.2. The number of sulfone groups is 1. The number of benzene rings is 2. The van der Waals surface area contributed by atoms with Gasteiger partial charge in [0.25, 0.3) is 0 Å². The zero-order valence-corrected chi connectivity index (χ0v) is 13.2. The molecule has 0 fully saturated rings. The summed E-state index contributed by atoms with van der Waals surface area (Å²) in [5.74, 6) is -0.457. The Morgan fingerprint density at radius 3 is 2.14 bits per heavy atom. The number of hydrogen-bond acceptors (Lipinski definition) is 4. The molecule has 0 saturated carbocycles. The number of methoxy groups -OCH3 is 1. The van der Waals surface area contributed by atoms with Crippen molar-refractivity contribution in [2.75, 3.05) is 12.9 Å². The second kappa shape index (κ2) is 7.22. The largest absolute Gasteiger partial charge is 0.469 e. The fraction of sp³-hybridized carbons (Fsp3) is 0.235. The Morgan fingerprint density at radius 2 is 1.55 bits per heavy atom. The van der Waals surface area contributed by atoms with E-state index >= 15 is 0 Å². The quantitative estimate of drug-likeness (QED) is 0.768. The van der Waals surface area contributed by atoms with Gasteiger partial charge in [-0.05, 0) is 29.7 Å². The molecular weight excluding hydrogens is 300 g/mol. The van der Waals surface area contributed by atoms with Crippen LogP contribution in [0.5, 0.6) is 0 Å². The Morgan fingerprint density at radius 1 is 0.955 bits per heavy atom. The first-order valence-electron chi connectivity index (χ1n) is 6.98. The van der Waals surface area contributed by atoms with E-state index in [0.29, 0.717) is 0 Å². The molecule has 0 radical (unpaired) electrons. The summed E-state index contributed by atoms with van der Waals surface area (Å²) >= 11 is 0. The van der Waals surface area contributed by atoms with Crippen molar-refractivity contribution in [2.45, 2.75) is 17.7 Å². The summed E-state index contributed by atoms with van der Waals surface area (Å²) in [4.78, 5) is 11.3. The van der Waals surface area contributed by atoms with Gasteiger partial charge in [0, 0.05) is 6.42 Å². The van der Waals surface area contributed by atoms with Gasteiger partial charge < -0.3 is 4.74 Å². The van der Waals surface area contributed by atoms with Gasteiger partial charge in [-0.2, -0.15) is 0 Å². The summed E-state index contributed by atoms with van der Waals surface area (Å²) < 4.78 is 28.9. The highest BCUT2D eigenvalue weighted by molar-refractivity contribution is 7.91. The van der Waals surface area contributed by atoms with Crippen LogP contribution in [0.15, 0.2) is 59.5 Å². The molecule has 0 aliphatic rings. The van der Waals surface area contributed by atoms with Crippen molar-refractivity contribution in [3.05, 3.63) is 54.6 Å². The Kier molecular flexibility index (Phi) is 5.33. The molecule has 0 aliphatic heterocycles. The molecule has 0 aromatic heterocycles. The minimum Gasteiger partial charge on any atom is -0.469 e. The molecule has 2 aromatic carbocycles. The van der Waals surface area contributed by atoms with Gasteiger partial charge in [0.1, 0.15) is 0 Å². The molecule has 0 N–H and O–H groups in total. The normalized spacial score (nSPS) is 11.1. The number of carbonyl (C=O) groups is 1. The predicted molar refractivity (Wildman–Crippen MR) is 85.2 cm³/mol. The number of esters is 1. The van der Waals surface area contributed by atoms with Crippen molar-refractivity contribution < 1.29 is 17.9 Å². The Bertz CT molecular complexity index is 719. The van der Waals surface area contributed by atoms with Crippen LogP contribution in [0, 0.1) is 0 Å². The second-order valence-electron chi connectivity index (χ2n) is 4.89. The topological polar surface area (TPSA) is 60.4 Å². The molecule has 4 nitrogen and oxygen atoms in total. The van der Waals surface area contributed by atoms with Crippen LogP contribution >= 0.6 is 0 Å². The van der Waals surface area contributed by atoms with Crippen LogP contribution in [0.3, 0.4) is 0 Å². The van der Waals surface area contributed by atoms with Gasteiger partial charge in [0.05, 0.1) is 17.8 Å². The van der Waals surface area contributed by atoms with Crippen LogP contribution in [-0.2, 0) is 19.4 Å². The molecule has 2 rings (SSSR count). The molecule has 0 atom stereocenters. The Hall–Kier alpha value is -2.14. The van der Waals surface area contributed by atoms with E-state index in [-0.39, 0.29) is 23.5 Å². The smallest absolute Gasteiger partial charge is 0.305 e. The zero-order valence-electron chi connectivity index (χ0n) is 12.4. The average molecular weight is 318 g/mol. The summed E-state index contributed by atoms with van der Waals surface area (Å²) in [5, 5.41) is 0. The highest BCUT2D eigenvalue weighted by Gasteiger charge is 2.15. The van der Waals surface area contributed by atoms with Crippen LogP contribution in [0.1, 0.15) is 12.8 Å². The van der Waals surface area contributed by atoms with Gasteiger partial charge in [-0.15, -0.1) is 0 Å². The predicted octanol–water partition coefficient (Wildman–Crippen LogP) is 3.08. The summed E-state index contributed by atoms with van der Waals surface area (Å²) in [6.45, 7) is 0. The van der Waals surface area contributed by atoms with Gasteiger partial charge in [-0.25, -0.2) is 8.42 Å². The van der Waals surface area contributed by atoms with Crippen LogP contribution in [-0.4, -0.2) is 27.2 Å². The molecule has 22 heavy (non-hydrogen) atoms. The summed E-state index contributed by atoms with van der Waals surface area (Å²) in [7, 11) is -2.08. The van der Waals surface area contributed by atoms with E-state index in [4.69, 9.17) is 0 Å². The fourth-order valence-corrected chi connectivity index (χ4v) is 3.42. The summed E-state index contributed by atoms with van der Waals surface area (Å²) in [6.07, 6.45) is 0.368. The van der Waals surface area contributed by atoms with Crippen molar-refractivity contribution >= 4 is 15.8 Å². The van der Waals surface area contributed by atoms with E-state index in [9.17, 15) is 13.2 Å². The van der Waals surface area contributed by atoms with Crippen LogP contribution in [0.2, 0.25) is 0 Å². The molecular formula is C17H18O4S. The molecule has 0 aliphatic carbocycles. The third-order valence-corrected chi connectivity index (χ3v) is 5.16. The molecule has 0 spiro atoms. The Balaban J connectivity index is 2.07. The molecule has 5 heteroatoms. The summed E-state index contributed by atoms with van der Waals surface area (Å²) in [6, 6.07) is 16.6. The number of carbonyl (C=O) groups excluding carboxylic acids is 1. The van der Waals surface area contributed by atoms with E-state index in [0.717, 1.165) is 11.1 Å². The second-order valence-corrected chi connectivity index (χ2v) is 7.00. The minimum atomic E-state index is -3.37. The van der Waals surface area contributed by atoms with Crippen molar-refractivity contribution in [1.29, 1.82) is 0 Å². The molecule has 2 aromatic rings. The van der Waals surface area contributed by atoms with Crippen molar-refractivity contribution in [3.63, 3.8) is 0 Å². The lowest BCUT2D eigenvalue weighted by Crippen LogP contribution is -2.09. The van der Waals surface area contributed by atoms with E-state index in [1.165, 1.54) is 7.11 Å². The van der Waals surface area contributed by atoms with E-state index < -0.39 is 15.8 Å². The third kappa shape index (κ3) is 4.18. The number of hydrogen-bond donors (Lipinski definition) is 0. The highest BCUT2D eigenvalue weighted by atomic mass is 32.2. The molecule has 0 saturated heterocycles. The molecule has 116 valence electrons. The average Bonchev–Trinajstić information content (AvgIpc) is 2.55. The first-order valence-corrected chi connectivity index (χ1v) is 8.63. The van der Waals surface area contributed by atoms with E-state index in [1.54, 1.807) is 24.3 Å². The van der Waals surface area contributed by atoms with Gasteiger partial charge in [-0.3, -0.25) is 4.79 Å². The monoisotopic (exact) mass is 318 g/mol. The molecule has 0 amide bonds. The minimum absolute atomic E-state index is 0.0627. The van der Waals surface area contributed by atoms with Gasteiger partial charge >= 0.3 is 5.97 Å². The van der Waals surface area contributed by atoms with Crippen LogP contribution in [0.25, 0.3) is 11.1 Å². The van der Waals surface area contributed by atoms with Gasteiger partial charge in [0.2, 0.25) is 0 Å². The van der Waals surface area contributed by atoms with Gasteiger partial charge in [-0.1, -0.05) is 42.5 Å². The Labute approximate surface area is 130 Å². The van der Waals surface area contributed by atoms with Crippen molar-refractivity contribution in [1.82, 2.24) is 0 Å². The third-order valence-electron chi connectivity index (χ3n) is 3.34. The SMILES string of the molecule is COC(=O)CCCS(=O)(=O)c1ccc(-c2ccccc2)cc1. The molecule has 0 bridgehead atoms. The van der Waals surface area contributed by atoms with E-state index in [2.05, 4.69) is 4.74 Å². The number of ether oxygens (including phenoxy) is 1. The zero-order chi connectivity index (χ0) is 16.0. The lowest BCUT2D eigenvalue weighted by atomic mass is 10.1. The molecule has 0 heterocycles. The lowest BCUT2D eigenvalue weighted by Gasteiger charge is -2.06. The highest BCUT2D eigenvalue weighted by Crippen LogP contribution is 2.21. The van der Waals surface area contributed by atoms with Crippen molar-refractivity contribution in [3.8, 4) is 11.1 Å². The number of rotatable bonds is 6.